The second-order valence-electron chi connectivity index (χ2n) is 5.96. The fourth-order valence-electron chi connectivity index (χ4n) is 3.06. The number of ether oxygens (including phenoxy) is 1. The smallest absolute Gasteiger partial charge is 0.387 e. The summed E-state index contributed by atoms with van der Waals surface area (Å²) in [5.41, 5.74) is 2.56. The second kappa shape index (κ2) is 6.71. The maximum Gasteiger partial charge on any atom is 0.387 e. The zero-order chi connectivity index (χ0) is 15.6. The molecule has 1 fully saturated rings. The Hall–Kier alpha value is -1.20. The molecule has 1 saturated heterocycles. The zero-order valence-corrected chi connectivity index (χ0v) is 12.8. The van der Waals surface area contributed by atoms with Crippen LogP contribution >= 0.6 is 0 Å². The summed E-state index contributed by atoms with van der Waals surface area (Å²) >= 11 is 0. The molecule has 1 aromatic carbocycles. The summed E-state index contributed by atoms with van der Waals surface area (Å²) in [5.74, 6) is 0.602. The van der Waals surface area contributed by atoms with Crippen molar-refractivity contribution in [3.63, 3.8) is 0 Å². The topological polar surface area (TPSA) is 32.7 Å². The van der Waals surface area contributed by atoms with Crippen LogP contribution < -0.4 is 4.74 Å². The van der Waals surface area contributed by atoms with E-state index in [0.29, 0.717) is 5.92 Å². The fourth-order valence-corrected chi connectivity index (χ4v) is 3.06. The van der Waals surface area contributed by atoms with Gasteiger partial charge < -0.3 is 9.84 Å². The first-order valence-electron chi connectivity index (χ1n) is 7.32. The quantitative estimate of drug-likeness (QED) is 0.907. The molecule has 0 aliphatic carbocycles. The van der Waals surface area contributed by atoms with Crippen molar-refractivity contribution in [2.24, 2.45) is 5.92 Å². The maximum absolute atomic E-state index is 12.4. The minimum absolute atomic E-state index is 0.275. The molecule has 0 radical (unpaired) electrons. The van der Waals surface area contributed by atoms with Crippen LogP contribution in [-0.2, 0) is 6.54 Å². The zero-order valence-electron chi connectivity index (χ0n) is 12.8. The molecule has 1 N–H and O–H groups in total. The van der Waals surface area contributed by atoms with Crippen molar-refractivity contribution in [1.82, 2.24) is 4.90 Å². The Labute approximate surface area is 124 Å². The summed E-state index contributed by atoms with van der Waals surface area (Å²) < 4.78 is 29.3. The molecule has 2 unspecified atom stereocenters. The predicted molar refractivity (Wildman–Crippen MR) is 77.6 cm³/mol. The van der Waals surface area contributed by atoms with E-state index in [0.717, 1.165) is 42.7 Å². The van der Waals surface area contributed by atoms with E-state index in [9.17, 15) is 13.9 Å². The lowest BCUT2D eigenvalue weighted by atomic mass is 10.0. The standard InChI is InChI=1S/C16H23F2NO2/c1-10-6-13(7-11(2)15(10)21-16(17)18)8-19-5-4-14(9-19)12(3)20/h6-7,12,14,16,20H,4-5,8-9H2,1-3H3. The molecule has 0 saturated carbocycles. The third kappa shape index (κ3) is 4.14. The van der Waals surface area contributed by atoms with Crippen LogP contribution in [-0.4, -0.2) is 35.8 Å². The van der Waals surface area contributed by atoms with Crippen molar-refractivity contribution in [2.45, 2.75) is 46.5 Å². The van der Waals surface area contributed by atoms with Crippen LogP contribution in [0, 0.1) is 19.8 Å². The van der Waals surface area contributed by atoms with Gasteiger partial charge in [-0.3, -0.25) is 4.90 Å². The molecule has 1 heterocycles. The Morgan fingerprint density at radius 3 is 2.43 bits per heavy atom. The Morgan fingerprint density at radius 1 is 1.33 bits per heavy atom. The highest BCUT2D eigenvalue weighted by atomic mass is 19.3. The average molecular weight is 299 g/mol. The number of aryl methyl sites for hydroxylation is 2. The van der Waals surface area contributed by atoms with Gasteiger partial charge in [0.2, 0.25) is 0 Å². The number of alkyl halides is 2. The summed E-state index contributed by atoms with van der Waals surface area (Å²) in [4.78, 5) is 2.29. The molecule has 5 heteroatoms. The molecule has 1 aliphatic rings. The molecule has 0 spiro atoms. The second-order valence-corrected chi connectivity index (χ2v) is 5.96. The Balaban J connectivity index is 2.05. The van der Waals surface area contributed by atoms with E-state index in [-0.39, 0.29) is 11.9 Å². The summed E-state index contributed by atoms with van der Waals surface area (Å²) in [6.07, 6.45) is 0.725. The monoisotopic (exact) mass is 299 g/mol. The molecule has 3 nitrogen and oxygen atoms in total. The molecule has 0 aromatic heterocycles. The first kappa shape index (κ1) is 16.2. The Bertz CT molecular complexity index is 468. The highest BCUT2D eigenvalue weighted by Gasteiger charge is 2.26. The predicted octanol–water partition coefficient (Wildman–Crippen LogP) is 3.11. The number of likely N-dealkylation sites (tertiary alicyclic amines) is 1. The van der Waals surface area contributed by atoms with Crippen LogP contribution in [0.15, 0.2) is 12.1 Å². The molecule has 2 rings (SSSR count). The van der Waals surface area contributed by atoms with Crippen LogP contribution in [0.2, 0.25) is 0 Å². The minimum Gasteiger partial charge on any atom is -0.434 e. The number of aliphatic hydroxyl groups is 1. The molecule has 118 valence electrons. The van der Waals surface area contributed by atoms with Gasteiger partial charge in [0.15, 0.2) is 0 Å². The summed E-state index contributed by atoms with van der Waals surface area (Å²) in [7, 11) is 0. The first-order chi connectivity index (χ1) is 9.86. The molecule has 0 bridgehead atoms. The maximum atomic E-state index is 12.4. The van der Waals surface area contributed by atoms with Crippen molar-refractivity contribution in [2.75, 3.05) is 13.1 Å². The summed E-state index contributed by atoms with van der Waals surface area (Å²) in [6.45, 7) is 5.24. The summed E-state index contributed by atoms with van der Waals surface area (Å²) in [6, 6.07) is 3.81. The number of halogens is 2. The van der Waals surface area contributed by atoms with Gasteiger partial charge in [-0.15, -0.1) is 0 Å². The van der Waals surface area contributed by atoms with Gasteiger partial charge in [-0.2, -0.15) is 8.78 Å². The molecule has 2 atom stereocenters. The normalized spacial score (nSPS) is 21.0. The van der Waals surface area contributed by atoms with Crippen LogP contribution in [0.25, 0.3) is 0 Å². The van der Waals surface area contributed by atoms with Gasteiger partial charge in [-0.25, -0.2) is 0 Å². The highest BCUT2D eigenvalue weighted by molar-refractivity contribution is 5.43. The fraction of sp³-hybridized carbons (Fsp3) is 0.625. The molecule has 21 heavy (non-hydrogen) atoms. The number of hydrogen-bond acceptors (Lipinski definition) is 3. The van der Waals surface area contributed by atoms with Gasteiger partial charge in [0.1, 0.15) is 5.75 Å². The van der Waals surface area contributed by atoms with Crippen LogP contribution in [0.5, 0.6) is 5.75 Å². The Kier molecular flexibility index (Phi) is 5.17. The van der Waals surface area contributed by atoms with Crippen molar-refractivity contribution in [3.8, 4) is 5.75 Å². The van der Waals surface area contributed by atoms with Gasteiger partial charge in [0, 0.05) is 13.1 Å². The third-order valence-corrected chi connectivity index (χ3v) is 4.12. The number of nitrogens with zero attached hydrogens (tertiary/aromatic N) is 1. The van der Waals surface area contributed by atoms with E-state index in [2.05, 4.69) is 9.64 Å². The average Bonchev–Trinajstić information content (AvgIpc) is 2.82. The van der Waals surface area contributed by atoms with Gasteiger partial charge in [-0.05, 0) is 56.3 Å². The van der Waals surface area contributed by atoms with E-state index in [1.807, 2.05) is 19.1 Å². The first-order valence-corrected chi connectivity index (χ1v) is 7.32. The highest BCUT2D eigenvalue weighted by Crippen LogP contribution is 2.28. The number of benzene rings is 1. The lowest BCUT2D eigenvalue weighted by Gasteiger charge is -2.19. The third-order valence-electron chi connectivity index (χ3n) is 4.12. The minimum atomic E-state index is -2.79. The molecule has 0 amide bonds. The van der Waals surface area contributed by atoms with Gasteiger partial charge >= 0.3 is 6.61 Å². The van der Waals surface area contributed by atoms with E-state index >= 15 is 0 Å². The Morgan fingerprint density at radius 2 is 1.95 bits per heavy atom. The van der Waals surface area contributed by atoms with Crippen molar-refractivity contribution in [3.05, 3.63) is 28.8 Å². The van der Waals surface area contributed by atoms with Gasteiger partial charge in [-0.1, -0.05) is 12.1 Å². The van der Waals surface area contributed by atoms with Crippen molar-refractivity contribution >= 4 is 0 Å². The molecular weight excluding hydrogens is 276 g/mol. The number of aliphatic hydroxyl groups excluding tert-OH is 1. The molecular formula is C16H23F2NO2. The number of hydrogen-bond donors (Lipinski definition) is 1. The number of rotatable bonds is 5. The van der Waals surface area contributed by atoms with E-state index in [4.69, 9.17) is 0 Å². The van der Waals surface area contributed by atoms with E-state index in [1.165, 1.54) is 0 Å². The lowest BCUT2D eigenvalue weighted by Crippen LogP contribution is -2.24. The molecule has 1 aromatic rings. The van der Waals surface area contributed by atoms with E-state index < -0.39 is 6.61 Å². The van der Waals surface area contributed by atoms with Crippen molar-refractivity contribution < 1.29 is 18.6 Å². The summed E-state index contributed by atoms with van der Waals surface area (Å²) in [5, 5.41) is 9.63. The van der Waals surface area contributed by atoms with E-state index in [1.54, 1.807) is 13.8 Å². The lowest BCUT2D eigenvalue weighted by molar-refractivity contribution is -0.0507. The van der Waals surface area contributed by atoms with Crippen LogP contribution in [0.3, 0.4) is 0 Å². The SMILES string of the molecule is Cc1cc(CN2CCC(C(C)O)C2)cc(C)c1OC(F)F. The van der Waals surface area contributed by atoms with Crippen molar-refractivity contribution in [1.29, 1.82) is 0 Å². The van der Waals surface area contributed by atoms with Crippen LogP contribution in [0.4, 0.5) is 8.78 Å². The van der Waals surface area contributed by atoms with Gasteiger partial charge in [0.05, 0.1) is 6.10 Å². The molecule has 1 aliphatic heterocycles. The largest absolute Gasteiger partial charge is 0.434 e. The van der Waals surface area contributed by atoms with Crippen LogP contribution in [0.1, 0.15) is 30.0 Å². The van der Waals surface area contributed by atoms with Gasteiger partial charge in [0.25, 0.3) is 0 Å².